The summed E-state index contributed by atoms with van der Waals surface area (Å²) in [6.45, 7) is 8.21. The number of hydrogen-bond donors (Lipinski definition) is 2. The second kappa shape index (κ2) is 7.14. The van der Waals surface area contributed by atoms with E-state index in [2.05, 4.69) is 32.2 Å². The predicted molar refractivity (Wildman–Crippen MR) is 84.1 cm³/mol. The first-order chi connectivity index (χ1) is 9.94. The third-order valence-corrected chi connectivity index (χ3v) is 3.46. The molecule has 0 saturated carbocycles. The second-order valence-electron chi connectivity index (χ2n) is 6.65. The maximum absolute atomic E-state index is 9.95. The summed E-state index contributed by atoms with van der Waals surface area (Å²) in [6.07, 6.45) is 2.36. The number of aryl methyl sites for hydroxylation is 1. The minimum atomic E-state index is -0.461. The Morgan fingerprint density at radius 3 is 2.95 bits per heavy atom. The minimum absolute atomic E-state index is 0.0798. The quantitative estimate of drug-likeness (QED) is 0.846. The van der Waals surface area contributed by atoms with Gasteiger partial charge >= 0.3 is 0 Å². The van der Waals surface area contributed by atoms with Gasteiger partial charge in [0.2, 0.25) is 0 Å². The zero-order valence-electron chi connectivity index (χ0n) is 13.3. The fourth-order valence-electron chi connectivity index (χ4n) is 2.30. The zero-order chi connectivity index (χ0) is 15.3. The lowest BCUT2D eigenvalue weighted by atomic mass is 10.1. The minimum Gasteiger partial charge on any atom is -0.493 e. The van der Waals surface area contributed by atoms with Crippen molar-refractivity contribution in [1.29, 1.82) is 0 Å². The highest BCUT2D eigenvalue weighted by Gasteiger charge is 2.13. The highest BCUT2D eigenvalue weighted by Crippen LogP contribution is 2.29. The average molecular weight is 293 g/mol. The largest absolute Gasteiger partial charge is 0.493 e. The summed E-state index contributed by atoms with van der Waals surface area (Å²) in [5.74, 6) is 1.68. The summed E-state index contributed by atoms with van der Waals surface area (Å²) in [5, 5.41) is 13.3. The molecule has 0 radical (unpaired) electrons. The topological polar surface area (TPSA) is 50.7 Å². The third-order valence-electron chi connectivity index (χ3n) is 3.46. The van der Waals surface area contributed by atoms with Crippen molar-refractivity contribution in [2.75, 3.05) is 19.8 Å². The van der Waals surface area contributed by atoms with Gasteiger partial charge in [0.25, 0.3) is 0 Å². The number of fused-ring (bicyclic) bond motifs is 1. The van der Waals surface area contributed by atoms with Crippen LogP contribution in [0.3, 0.4) is 0 Å². The summed E-state index contributed by atoms with van der Waals surface area (Å²) in [4.78, 5) is 0. The molecule has 4 nitrogen and oxygen atoms in total. The highest BCUT2D eigenvalue weighted by molar-refractivity contribution is 5.41. The lowest BCUT2D eigenvalue weighted by Crippen LogP contribution is -2.38. The molecule has 0 fully saturated rings. The van der Waals surface area contributed by atoms with Crippen LogP contribution in [-0.4, -0.2) is 36.5 Å². The van der Waals surface area contributed by atoms with Gasteiger partial charge in [-0.25, -0.2) is 0 Å². The number of benzene rings is 1. The van der Waals surface area contributed by atoms with E-state index >= 15 is 0 Å². The maximum atomic E-state index is 9.95. The van der Waals surface area contributed by atoms with Crippen LogP contribution in [0, 0.1) is 0 Å². The van der Waals surface area contributed by atoms with Gasteiger partial charge in [0.15, 0.2) is 0 Å². The number of nitrogens with one attached hydrogen (secondary N) is 1. The molecule has 1 aromatic rings. The molecule has 0 bridgehead atoms. The van der Waals surface area contributed by atoms with Gasteiger partial charge < -0.3 is 19.9 Å². The molecule has 0 spiro atoms. The molecular weight excluding hydrogens is 266 g/mol. The van der Waals surface area contributed by atoms with Crippen molar-refractivity contribution < 1.29 is 14.6 Å². The molecule has 0 amide bonds. The van der Waals surface area contributed by atoms with Gasteiger partial charge in [0, 0.05) is 11.6 Å². The van der Waals surface area contributed by atoms with E-state index in [0.29, 0.717) is 13.0 Å². The molecule has 1 unspecified atom stereocenters. The van der Waals surface area contributed by atoms with Crippen LogP contribution in [0.2, 0.25) is 0 Å². The number of ether oxygens (including phenoxy) is 2. The van der Waals surface area contributed by atoms with Gasteiger partial charge in [-0.15, -0.1) is 0 Å². The van der Waals surface area contributed by atoms with E-state index < -0.39 is 6.10 Å². The molecular formula is C17H27NO3. The summed E-state index contributed by atoms with van der Waals surface area (Å²) in [5.41, 5.74) is 1.32. The SMILES string of the molecule is CC(C)(C)NCCC(O)COc1ccc2c(c1)OCCC2. The number of aliphatic hydroxyl groups is 1. The predicted octanol–water partition coefficient (Wildman–Crippen LogP) is 2.53. The summed E-state index contributed by atoms with van der Waals surface area (Å²) >= 11 is 0. The van der Waals surface area contributed by atoms with E-state index in [0.717, 1.165) is 37.5 Å². The smallest absolute Gasteiger partial charge is 0.126 e. The van der Waals surface area contributed by atoms with E-state index in [1.807, 2.05) is 12.1 Å². The normalized spacial score (nSPS) is 16.0. The van der Waals surface area contributed by atoms with Gasteiger partial charge in [0.05, 0.1) is 12.7 Å². The average Bonchev–Trinajstić information content (AvgIpc) is 2.43. The lowest BCUT2D eigenvalue weighted by molar-refractivity contribution is 0.0980. The molecule has 2 N–H and O–H groups in total. The zero-order valence-corrected chi connectivity index (χ0v) is 13.3. The molecule has 0 saturated heterocycles. The van der Waals surface area contributed by atoms with Crippen LogP contribution in [0.4, 0.5) is 0 Å². The Labute approximate surface area is 127 Å². The van der Waals surface area contributed by atoms with Gasteiger partial charge in [-0.05, 0) is 58.2 Å². The third kappa shape index (κ3) is 5.56. The second-order valence-corrected chi connectivity index (χ2v) is 6.65. The van der Waals surface area contributed by atoms with Crippen LogP contribution < -0.4 is 14.8 Å². The Morgan fingerprint density at radius 2 is 2.19 bits per heavy atom. The number of aliphatic hydroxyl groups excluding tert-OH is 1. The Kier molecular flexibility index (Phi) is 5.48. The van der Waals surface area contributed by atoms with Crippen molar-refractivity contribution in [1.82, 2.24) is 5.32 Å². The standard InChI is InChI=1S/C17H27NO3/c1-17(2,3)18-9-8-14(19)12-21-15-7-6-13-5-4-10-20-16(13)11-15/h6-7,11,14,18-19H,4-5,8-10,12H2,1-3H3. The van der Waals surface area contributed by atoms with Crippen molar-refractivity contribution in [3.8, 4) is 11.5 Å². The van der Waals surface area contributed by atoms with Gasteiger partial charge in [-0.3, -0.25) is 0 Å². The van der Waals surface area contributed by atoms with E-state index in [1.54, 1.807) is 0 Å². The Morgan fingerprint density at radius 1 is 1.38 bits per heavy atom. The first kappa shape index (κ1) is 16.1. The fraction of sp³-hybridized carbons (Fsp3) is 0.647. The van der Waals surface area contributed by atoms with Gasteiger partial charge in [-0.1, -0.05) is 6.07 Å². The first-order valence-corrected chi connectivity index (χ1v) is 7.76. The fourth-order valence-corrected chi connectivity index (χ4v) is 2.30. The Balaban J connectivity index is 1.75. The van der Waals surface area contributed by atoms with Crippen LogP contribution in [0.25, 0.3) is 0 Å². The van der Waals surface area contributed by atoms with Crippen LogP contribution in [-0.2, 0) is 6.42 Å². The van der Waals surface area contributed by atoms with Crippen LogP contribution in [0.15, 0.2) is 18.2 Å². The van der Waals surface area contributed by atoms with Crippen molar-refractivity contribution >= 4 is 0 Å². The molecule has 118 valence electrons. The molecule has 1 atom stereocenters. The van der Waals surface area contributed by atoms with E-state index in [4.69, 9.17) is 9.47 Å². The molecule has 1 aromatic carbocycles. The molecule has 0 aliphatic carbocycles. The van der Waals surface area contributed by atoms with Crippen LogP contribution in [0.1, 0.15) is 39.2 Å². The molecule has 2 rings (SSSR count). The Hall–Kier alpha value is -1.26. The van der Waals surface area contributed by atoms with Crippen molar-refractivity contribution in [3.05, 3.63) is 23.8 Å². The van der Waals surface area contributed by atoms with E-state index in [9.17, 15) is 5.11 Å². The highest BCUT2D eigenvalue weighted by atomic mass is 16.5. The maximum Gasteiger partial charge on any atom is 0.126 e. The van der Waals surface area contributed by atoms with E-state index in [-0.39, 0.29) is 5.54 Å². The lowest BCUT2D eigenvalue weighted by Gasteiger charge is -2.22. The Bertz CT molecular complexity index is 454. The van der Waals surface area contributed by atoms with Crippen molar-refractivity contribution in [2.45, 2.75) is 51.7 Å². The summed E-state index contributed by atoms with van der Waals surface area (Å²) in [6, 6.07) is 5.93. The molecule has 4 heteroatoms. The first-order valence-electron chi connectivity index (χ1n) is 7.76. The van der Waals surface area contributed by atoms with Crippen LogP contribution in [0.5, 0.6) is 11.5 Å². The molecule has 21 heavy (non-hydrogen) atoms. The monoisotopic (exact) mass is 293 g/mol. The molecule has 1 aliphatic rings. The summed E-state index contributed by atoms with van der Waals surface area (Å²) in [7, 11) is 0. The van der Waals surface area contributed by atoms with Crippen molar-refractivity contribution in [2.24, 2.45) is 0 Å². The molecule has 1 heterocycles. The number of rotatable bonds is 6. The molecule has 0 aromatic heterocycles. The van der Waals surface area contributed by atoms with Gasteiger partial charge in [0.1, 0.15) is 18.1 Å². The van der Waals surface area contributed by atoms with Crippen LogP contribution >= 0.6 is 0 Å². The number of hydrogen-bond acceptors (Lipinski definition) is 4. The summed E-state index contributed by atoms with van der Waals surface area (Å²) < 4.78 is 11.3. The molecule has 1 aliphatic heterocycles. The van der Waals surface area contributed by atoms with Gasteiger partial charge in [-0.2, -0.15) is 0 Å². The van der Waals surface area contributed by atoms with Crippen molar-refractivity contribution in [3.63, 3.8) is 0 Å². The van der Waals surface area contributed by atoms with E-state index in [1.165, 1.54) is 5.56 Å².